The third-order valence-corrected chi connectivity index (χ3v) is 4.68. The zero-order valence-electron chi connectivity index (χ0n) is 14.8. The van der Waals surface area contributed by atoms with Crippen LogP contribution in [0.15, 0.2) is 57.7 Å². The molecule has 0 radical (unpaired) electrons. The van der Waals surface area contributed by atoms with E-state index in [9.17, 15) is 4.79 Å². The van der Waals surface area contributed by atoms with Crippen LogP contribution in [0.2, 0.25) is 0 Å². The second kappa shape index (κ2) is 7.22. The molecule has 0 saturated carbocycles. The quantitative estimate of drug-likeness (QED) is 0.783. The van der Waals surface area contributed by atoms with Crippen molar-refractivity contribution in [2.75, 3.05) is 37.7 Å². The number of anilines is 1. The Morgan fingerprint density at radius 2 is 1.85 bits per heavy atom. The van der Waals surface area contributed by atoms with Gasteiger partial charge in [-0.2, -0.15) is 0 Å². The number of fused-ring (bicyclic) bond motifs is 1. The fourth-order valence-electron chi connectivity index (χ4n) is 3.32. The van der Waals surface area contributed by atoms with Crippen molar-refractivity contribution in [3.8, 4) is 17.1 Å². The minimum Gasteiger partial charge on any atom is -0.494 e. The summed E-state index contributed by atoms with van der Waals surface area (Å²) in [7, 11) is 0. The topological polar surface area (TPSA) is 54.7 Å². The molecule has 0 amide bonds. The molecule has 1 aliphatic rings. The maximum atomic E-state index is 12.6. The van der Waals surface area contributed by atoms with E-state index in [0.29, 0.717) is 17.8 Å². The Morgan fingerprint density at radius 1 is 1.08 bits per heavy atom. The monoisotopic (exact) mass is 350 g/mol. The van der Waals surface area contributed by atoms with Crippen LogP contribution in [0.25, 0.3) is 22.1 Å². The standard InChI is InChI=1S/C21H22N2O3/c1-2-25-18-7-4-15(5-8-18)20-13-16-3-6-17(14-19(16)21(24)26-20)23-11-9-22-10-12-23/h3-8,13-14,22H,2,9-12H2,1H3. The van der Waals surface area contributed by atoms with Crippen molar-refractivity contribution < 1.29 is 9.15 Å². The van der Waals surface area contributed by atoms with Gasteiger partial charge in [0.05, 0.1) is 12.0 Å². The van der Waals surface area contributed by atoms with Gasteiger partial charge in [-0.3, -0.25) is 0 Å². The van der Waals surface area contributed by atoms with Crippen LogP contribution in [-0.2, 0) is 0 Å². The first-order valence-corrected chi connectivity index (χ1v) is 9.01. The molecule has 0 atom stereocenters. The summed E-state index contributed by atoms with van der Waals surface area (Å²) < 4.78 is 11.1. The summed E-state index contributed by atoms with van der Waals surface area (Å²) >= 11 is 0. The van der Waals surface area contributed by atoms with Gasteiger partial charge in [-0.25, -0.2) is 4.79 Å². The largest absolute Gasteiger partial charge is 0.494 e. The lowest BCUT2D eigenvalue weighted by Crippen LogP contribution is -2.43. The molecule has 2 aromatic carbocycles. The highest BCUT2D eigenvalue weighted by atomic mass is 16.5. The number of nitrogens with zero attached hydrogens (tertiary/aromatic N) is 1. The van der Waals surface area contributed by atoms with Crippen molar-refractivity contribution in [1.82, 2.24) is 5.32 Å². The van der Waals surface area contributed by atoms with Crippen molar-refractivity contribution in [2.24, 2.45) is 0 Å². The van der Waals surface area contributed by atoms with Gasteiger partial charge in [-0.05, 0) is 54.8 Å². The maximum Gasteiger partial charge on any atom is 0.344 e. The molecule has 0 aliphatic carbocycles. The smallest absolute Gasteiger partial charge is 0.344 e. The molecule has 5 heteroatoms. The number of ether oxygens (including phenoxy) is 1. The van der Waals surface area contributed by atoms with Crippen LogP contribution in [0.1, 0.15) is 6.92 Å². The first-order valence-electron chi connectivity index (χ1n) is 9.01. The van der Waals surface area contributed by atoms with E-state index in [1.54, 1.807) is 0 Å². The lowest BCUT2D eigenvalue weighted by atomic mass is 10.1. The molecule has 1 N–H and O–H groups in total. The molecule has 4 rings (SSSR count). The van der Waals surface area contributed by atoms with Crippen LogP contribution in [0.3, 0.4) is 0 Å². The first-order chi connectivity index (χ1) is 12.7. The van der Waals surface area contributed by atoms with Crippen molar-refractivity contribution in [1.29, 1.82) is 0 Å². The SMILES string of the molecule is CCOc1ccc(-c2cc3ccc(N4CCNCC4)cc3c(=O)o2)cc1. The molecule has 0 unspecified atom stereocenters. The van der Waals surface area contributed by atoms with Crippen LogP contribution < -0.4 is 20.6 Å². The summed E-state index contributed by atoms with van der Waals surface area (Å²) in [5, 5.41) is 4.85. The molecule has 2 heterocycles. The van der Waals surface area contributed by atoms with Gasteiger partial charge in [0, 0.05) is 37.4 Å². The third kappa shape index (κ3) is 3.30. The molecule has 0 spiro atoms. The molecule has 26 heavy (non-hydrogen) atoms. The third-order valence-electron chi connectivity index (χ3n) is 4.68. The van der Waals surface area contributed by atoms with E-state index in [0.717, 1.165) is 48.6 Å². The van der Waals surface area contributed by atoms with E-state index in [-0.39, 0.29) is 5.63 Å². The Labute approximate surface area is 152 Å². The van der Waals surface area contributed by atoms with Crippen molar-refractivity contribution in [3.63, 3.8) is 0 Å². The first kappa shape index (κ1) is 16.7. The van der Waals surface area contributed by atoms with Crippen LogP contribution in [0, 0.1) is 0 Å². The fraction of sp³-hybridized carbons (Fsp3) is 0.286. The van der Waals surface area contributed by atoms with Gasteiger partial charge in [0.1, 0.15) is 11.5 Å². The Bertz CT molecular complexity index is 957. The normalized spacial score (nSPS) is 14.6. The zero-order valence-corrected chi connectivity index (χ0v) is 14.8. The van der Waals surface area contributed by atoms with E-state index in [1.165, 1.54) is 0 Å². The summed E-state index contributed by atoms with van der Waals surface area (Å²) in [4.78, 5) is 14.8. The van der Waals surface area contributed by atoms with Crippen molar-refractivity contribution in [2.45, 2.75) is 6.92 Å². The van der Waals surface area contributed by atoms with E-state index in [4.69, 9.17) is 9.15 Å². The average molecular weight is 350 g/mol. The Balaban J connectivity index is 1.69. The van der Waals surface area contributed by atoms with Gasteiger partial charge in [-0.1, -0.05) is 6.07 Å². The maximum absolute atomic E-state index is 12.6. The summed E-state index contributed by atoms with van der Waals surface area (Å²) in [6.07, 6.45) is 0. The molecule has 1 fully saturated rings. The second-order valence-electron chi connectivity index (χ2n) is 6.36. The molecule has 0 bridgehead atoms. The molecular weight excluding hydrogens is 328 g/mol. The lowest BCUT2D eigenvalue weighted by Gasteiger charge is -2.29. The Hall–Kier alpha value is -2.79. The molecule has 5 nitrogen and oxygen atoms in total. The molecule has 1 aromatic heterocycles. The molecule has 1 saturated heterocycles. The minimum absolute atomic E-state index is 0.302. The fourth-order valence-corrected chi connectivity index (χ4v) is 3.32. The predicted octanol–water partition coefficient (Wildman–Crippen LogP) is 3.27. The van der Waals surface area contributed by atoms with E-state index in [1.807, 2.05) is 49.4 Å². The van der Waals surface area contributed by atoms with E-state index in [2.05, 4.69) is 16.3 Å². The number of nitrogens with one attached hydrogen (secondary N) is 1. The molecule has 134 valence electrons. The number of hydrogen-bond acceptors (Lipinski definition) is 5. The van der Waals surface area contributed by atoms with E-state index < -0.39 is 0 Å². The summed E-state index contributed by atoms with van der Waals surface area (Å²) in [5.74, 6) is 1.38. The number of benzene rings is 2. The Kier molecular flexibility index (Phi) is 4.63. The number of rotatable bonds is 4. The summed E-state index contributed by atoms with van der Waals surface area (Å²) in [6, 6.07) is 15.5. The van der Waals surface area contributed by atoms with Gasteiger partial charge in [0.2, 0.25) is 0 Å². The van der Waals surface area contributed by atoms with Gasteiger partial charge in [-0.15, -0.1) is 0 Å². The van der Waals surface area contributed by atoms with Crippen LogP contribution in [-0.4, -0.2) is 32.8 Å². The zero-order chi connectivity index (χ0) is 17.9. The van der Waals surface area contributed by atoms with Crippen molar-refractivity contribution in [3.05, 3.63) is 59.0 Å². The molecular formula is C21H22N2O3. The summed E-state index contributed by atoms with van der Waals surface area (Å²) in [5.41, 5.74) is 1.63. The van der Waals surface area contributed by atoms with Gasteiger partial charge in [0.25, 0.3) is 0 Å². The number of piperazine rings is 1. The van der Waals surface area contributed by atoms with Crippen molar-refractivity contribution >= 4 is 16.5 Å². The lowest BCUT2D eigenvalue weighted by molar-refractivity contribution is 0.340. The van der Waals surface area contributed by atoms with Crippen LogP contribution in [0.4, 0.5) is 5.69 Å². The summed E-state index contributed by atoms with van der Waals surface area (Å²) in [6.45, 7) is 6.39. The molecule has 3 aromatic rings. The van der Waals surface area contributed by atoms with Crippen LogP contribution in [0.5, 0.6) is 5.75 Å². The molecule has 1 aliphatic heterocycles. The highest BCUT2D eigenvalue weighted by Crippen LogP contribution is 2.26. The number of hydrogen-bond donors (Lipinski definition) is 1. The van der Waals surface area contributed by atoms with E-state index >= 15 is 0 Å². The van der Waals surface area contributed by atoms with Gasteiger partial charge >= 0.3 is 5.63 Å². The van der Waals surface area contributed by atoms with Gasteiger partial charge in [0.15, 0.2) is 0 Å². The van der Waals surface area contributed by atoms with Crippen LogP contribution >= 0.6 is 0 Å². The second-order valence-corrected chi connectivity index (χ2v) is 6.36. The average Bonchev–Trinajstić information content (AvgIpc) is 2.69. The minimum atomic E-state index is -0.302. The highest BCUT2D eigenvalue weighted by Gasteiger charge is 2.13. The Morgan fingerprint density at radius 3 is 2.58 bits per heavy atom. The van der Waals surface area contributed by atoms with Gasteiger partial charge < -0.3 is 19.4 Å². The predicted molar refractivity (Wildman–Crippen MR) is 104 cm³/mol. The highest BCUT2D eigenvalue weighted by molar-refractivity contribution is 5.87.